The van der Waals surface area contributed by atoms with Crippen LogP contribution in [0.1, 0.15) is 70.7 Å². The van der Waals surface area contributed by atoms with Crippen molar-refractivity contribution in [2.45, 2.75) is 63.7 Å². The van der Waals surface area contributed by atoms with Crippen molar-refractivity contribution < 1.29 is 9.59 Å². The van der Waals surface area contributed by atoms with Gasteiger partial charge >= 0.3 is 0 Å². The van der Waals surface area contributed by atoms with Crippen LogP contribution in [0, 0.1) is 17.2 Å². The Labute approximate surface area is 229 Å². The monoisotopic (exact) mass is 554 g/mol. The second-order valence-corrected chi connectivity index (χ2v) is 12.2. The van der Waals surface area contributed by atoms with Crippen LogP contribution >= 0.6 is 34.4 Å². The van der Waals surface area contributed by atoms with E-state index in [9.17, 15) is 14.9 Å². The summed E-state index contributed by atoms with van der Waals surface area (Å²) in [6, 6.07) is 5.59. The highest BCUT2D eigenvalue weighted by Gasteiger charge is 2.26. The fourth-order valence-corrected chi connectivity index (χ4v) is 7.01. The molecule has 2 N–H and O–H groups in total. The number of aromatic nitrogens is 3. The Hall–Kier alpha value is -2.94. The molecule has 0 spiro atoms. The predicted molar refractivity (Wildman–Crippen MR) is 149 cm³/mol. The minimum atomic E-state index is -0.333. The van der Waals surface area contributed by atoms with E-state index >= 15 is 0 Å². The van der Waals surface area contributed by atoms with Crippen molar-refractivity contribution in [2.24, 2.45) is 5.92 Å². The SMILES string of the molecule is C=CCn1c(SCC(=O)Nc2sc3c(c2C#N)CCCC3)nnc1C(CC(C)C)NC(=O)c1cccs1. The fraction of sp³-hybridized carbons (Fsp3) is 0.423. The Morgan fingerprint density at radius 3 is 2.84 bits per heavy atom. The van der Waals surface area contributed by atoms with Crippen LogP contribution in [0.15, 0.2) is 35.3 Å². The largest absolute Gasteiger partial charge is 0.341 e. The second-order valence-electron chi connectivity index (χ2n) is 9.24. The molecule has 0 radical (unpaired) electrons. The van der Waals surface area contributed by atoms with Gasteiger partial charge in [0.05, 0.1) is 22.2 Å². The fourth-order valence-electron chi connectivity index (χ4n) is 4.37. The molecule has 0 aromatic carbocycles. The number of nitrogens with one attached hydrogen (secondary N) is 2. The minimum absolute atomic E-state index is 0.124. The van der Waals surface area contributed by atoms with E-state index in [4.69, 9.17) is 0 Å². The van der Waals surface area contributed by atoms with E-state index in [1.54, 1.807) is 12.1 Å². The number of amides is 2. The molecule has 8 nitrogen and oxygen atoms in total. The molecule has 0 aliphatic heterocycles. The zero-order valence-corrected chi connectivity index (χ0v) is 23.4. The molecule has 37 heavy (non-hydrogen) atoms. The zero-order chi connectivity index (χ0) is 26.4. The van der Waals surface area contributed by atoms with Gasteiger partial charge in [0.25, 0.3) is 5.91 Å². The van der Waals surface area contributed by atoms with Crippen LogP contribution in [0.5, 0.6) is 0 Å². The maximum Gasteiger partial charge on any atom is 0.261 e. The average Bonchev–Trinajstić information content (AvgIpc) is 3.61. The van der Waals surface area contributed by atoms with E-state index in [-0.39, 0.29) is 23.6 Å². The van der Waals surface area contributed by atoms with Gasteiger partial charge in [-0.3, -0.25) is 9.59 Å². The normalized spacial score (nSPS) is 13.6. The Kier molecular flexibility index (Phi) is 9.18. The summed E-state index contributed by atoms with van der Waals surface area (Å²) >= 11 is 4.18. The number of rotatable bonds is 11. The molecule has 3 aromatic heterocycles. The van der Waals surface area contributed by atoms with Gasteiger partial charge in [0.2, 0.25) is 5.91 Å². The summed E-state index contributed by atoms with van der Waals surface area (Å²) < 4.78 is 1.90. The lowest BCUT2D eigenvalue weighted by atomic mass is 9.96. The van der Waals surface area contributed by atoms with Crippen molar-refractivity contribution in [1.29, 1.82) is 5.26 Å². The molecule has 1 aliphatic carbocycles. The molecule has 0 bridgehead atoms. The number of nitrogens with zero attached hydrogens (tertiary/aromatic N) is 4. The van der Waals surface area contributed by atoms with Crippen molar-refractivity contribution in [3.05, 3.63) is 56.9 Å². The van der Waals surface area contributed by atoms with Crippen LogP contribution in [0.2, 0.25) is 0 Å². The summed E-state index contributed by atoms with van der Waals surface area (Å²) in [4.78, 5) is 27.5. The summed E-state index contributed by atoms with van der Waals surface area (Å²) in [5, 5.41) is 27.6. The molecule has 3 aromatic rings. The van der Waals surface area contributed by atoms with Gasteiger partial charge in [-0.15, -0.1) is 39.4 Å². The lowest BCUT2D eigenvalue weighted by Crippen LogP contribution is -2.31. The molecule has 1 unspecified atom stereocenters. The zero-order valence-electron chi connectivity index (χ0n) is 21.0. The third-order valence-electron chi connectivity index (χ3n) is 5.99. The van der Waals surface area contributed by atoms with Crippen LogP contribution < -0.4 is 10.6 Å². The first-order chi connectivity index (χ1) is 17.9. The van der Waals surface area contributed by atoms with Crippen LogP contribution in [0.4, 0.5) is 5.00 Å². The summed E-state index contributed by atoms with van der Waals surface area (Å²) in [6.07, 6.45) is 6.50. The van der Waals surface area contributed by atoms with Gasteiger partial charge in [-0.25, -0.2) is 0 Å². The molecule has 3 heterocycles. The minimum Gasteiger partial charge on any atom is -0.341 e. The standard InChI is InChI=1S/C26H30N6O2S3/c1-4-11-32-23(19(13-16(2)3)28-24(34)21-10-7-12-35-21)30-31-26(32)36-15-22(33)29-25-18(14-27)17-8-5-6-9-20(17)37-25/h4,7,10,12,16,19H,1,5-6,8-9,11,13,15H2,2-3H3,(H,28,34)(H,29,33). The summed E-state index contributed by atoms with van der Waals surface area (Å²) in [5.74, 6) is 0.738. The van der Waals surface area contributed by atoms with Crippen molar-refractivity contribution in [3.63, 3.8) is 0 Å². The first-order valence-electron chi connectivity index (χ1n) is 12.3. The Morgan fingerprint density at radius 2 is 2.14 bits per heavy atom. The number of hydrogen-bond acceptors (Lipinski definition) is 8. The molecule has 0 saturated heterocycles. The van der Waals surface area contributed by atoms with Crippen molar-refractivity contribution in [3.8, 4) is 6.07 Å². The van der Waals surface area contributed by atoms with Gasteiger partial charge in [0.1, 0.15) is 11.1 Å². The summed E-state index contributed by atoms with van der Waals surface area (Å²) in [5.41, 5.74) is 1.70. The number of thiophene rings is 2. The molecular weight excluding hydrogens is 525 g/mol. The topological polar surface area (TPSA) is 113 Å². The number of nitriles is 1. The molecule has 0 saturated carbocycles. The van der Waals surface area contributed by atoms with Gasteiger partial charge in [0.15, 0.2) is 11.0 Å². The first-order valence-corrected chi connectivity index (χ1v) is 14.9. The van der Waals surface area contributed by atoms with Gasteiger partial charge in [0, 0.05) is 11.4 Å². The number of fused-ring (bicyclic) bond motifs is 1. The van der Waals surface area contributed by atoms with E-state index < -0.39 is 0 Å². The Bertz CT molecular complexity index is 1300. The third kappa shape index (κ3) is 6.50. The summed E-state index contributed by atoms with van der Waals surface area (Å²) in [7, 11) is 0. The highest BCUT2D eigenvalue weighted by molar-refractivity contribution is 7.99. The lowest BCUT2D eigenvalue weighted by molar-refractivity contribution is -0.113. The number of allylic oxidation sites excluding steroid dienone is 1. The van der Waals surface area contributed by atoms with Crippen LogP contribution in [-0.2, 0) is 24.2 Å². The average molecular weight is 555 g/mol. The van der Waals surface area contributed by atoms with Crippen LogP contribution in [0.25, 0.3) is 0 Å². The van der Waals surface area contributed by atoms with Gasteiger partial charge in [-0.2, -0.15) is 5.26 Å². The highest BCUT2D eigenvalue weighted by atomic mass is 32.2. The molecular formula is C26H30N6O2S3. The highest BCUT2D eigenvalue weighted by Crippen LogP contribution is 2.37. The maximum absolute atomic E-state index is 12.8. The number of thioether (sulfide) groups is 1. The number of hydrogen-bond donors (Lipinski definition) is 2. The van der Waals surface area contributed by atoms with Crippen molar-refractivity contribution in [2.75, 3.05) is 11.1 Å². The summed E-state index contributed by atoms with van der Waals surface area (Å²) in [6.45, 7) is 8.50. The number of carbonyl (C=O) groups is 2. The van der Waals surface area contributed by atoms with E-state index in [0.717, 1.165) is 31.2 Å². The van der Waals surface area contributed by atoms with Crippen molar-refractivity contribution in [1.82, 2.24) is 20.1 Å². The molecule has 0 fully saturated rings. The van der Waals surface area contributed by atoms with E-state index in [2.05, 4.69) is 47.3 Å². The third-order valence-corrected chi connectivity index (χ3v) is 9.04. The number of anilines is 1. The van der Waals surface area contributed by atoms with Gasteiger partial charge in [-0.1, -0.05) is 37.8 Å². The van der Waals surface area contributed by atoms with Crippen molar-refractivity contribution >= 4 is 51.3 Å². The molecule has 1 atom stereocenters. The van der Waals surface area contributed by atoms with E-state index in [0.29, 0.717) is 45.3 Å². The molecule has 4 rings (SSSR count). The van der Waals surface area contributed by atoms with Gasteiger partial charge < -0.3 is 15.2 Å². The van der Waals surface area contributed by atoms with E-state index in [1.165, 1.54) is 39.3 Å². The lowest BCUT2D eigenvalue weighted by Gasteiger charge is -2.20. The van der Waals surface area contributed by atoms with Gasteiger partial charge in [-0.05, 0) is 55.0 Å². The molecule has 194 valence electrons. The predicted octanol–water partition coefficient (Wildman–Crippen LogP) is 5.59. The molecule has 1 aliphatic rings. The Morgan fingerprint density at radius 1 is 1.32 bits per heavy atom. The van der Waals surface area contributed by atoms with E-state index in [1.807, 2.05) is 16.0 Å². The number of carbonyl (C=O) groups excluding carboxylic acids is 2. The maximum atomic E-state index is 12.8. The first kappa shape index (κ1) is 27.1. The van der Waals surface area contributed by atoms with Crippen LogP contribution in [0.3, 0.4) is 0 Å². The second kappa shape index (κ2) is 12.5. The Balaban J connectivity index is 1.48. The molecule has 2 amide bonds. The smallest absolute Gasteiger partial charge is 0.261 e. The van der Waals surface area contributed by atoms with Crippen LogP contribution in [-0.4, -0.2) is 32.3 Å². The quantitative estimate of drug-likeness (QED) is 0.236. The number of aryl methyl sites for hydroxylation is 1. The molecule has 11 heteroatoms.